The number of fused-ring (bicyclic) bond motifs is 1. The van der Waals surface area contributed by atoms with Crippen LogP contribution >= 0.6 is 0 Å². The van der Waals surface area contributed by atoms with Crippen molar-refractivity contribution in [3.8, 4) is 0 Å². The Balaban J connectivity index is 1.80. The molecule has 1 aromatic carbocycles. The lowest BCUT2D eigenvalue weighted by atomic mass is 9.99. The molecule has 1 aliphatic carbocycles. The Hall–Kier alpha value is -1.63. The van der Waals surface area contributed by atoms with E-state index in [1.54, 1.807) is 4.90 Å². The van der Waals surface area contributed by atoms with E-state index in [1.807, 2.05) is 0 Å². The van der Waals surface area contributed by atoms with Gasteiger partial charge in [-0.15, -0.1) is 0 Å². The molecular formula is C20H25F4NO2. The van der Waals surface area contributed by atoms with Crippen molar-refractivity contribution in [1.82, 2.24) is 0 Å². The predicted octanol–water partition coefficient (Wildman–Crippen LogP) is 5.00. The van der Waals surface area contributed by atoms with Crippen LogP contribution in [0.2, 0.25) is 0 Å². The Kier molecular flexibility index (Phi) is 5.79. The number of benzene rings is 1. The molecule has 27 heavy (non-hydrogen) atoms. The van der Waals surface area contributed by atoms with Crippen molar-refractivity contribution in [3.05, 3.63) is 29.3 Å². The van der Waals surface area contributed by atoms with Gasteiger partial charge in [-0.05, 0) is 49.3 Å². The monoisotopic (exact) mass is 387 g/mol. The molecule has 3 nitrogen and oxygen atoms in total. The second-order valence-electron chi connectivity index (χ2n) is 7.65. The molecule has 1 N–H and O–H groups in total. The predicted molar refractivity (Wildman–Crippen MR) is 94.0 cm³/mol. The third-order valence-electron chi connectivity index (χ3n) is 5.75. The molecule has 1 unspecified atom stereocenters. The van der Waals surface area contributed by atoms with E-state index in [0.717, 1.165) is 37.8 Å². The van der Waals surface area contributed by atoms with Crippen molar-refractivity contribution in [2.45, 2.75) is 69.8 Å². The van der Waals surface area contributed by atoms with Gasteiger partial charge in [-0.3, -0.25) is 4.79 Å². The van der Waals surface area contributed by atoms with Gasteiger partial charge in [0.25, 0.3) is 0 Å². The van der Waals surface area contributed by atoms with Crippen LogP contribution < -0.4 is 4.90 Å². The second-order valence-corrected chi connectivity index (χ2v) is 7.65. The molecule has 1 heterocycles. The third kappa shape index (κ3) is 4.28. The Morgan fingerprint density at radius 3 is 2.48 bits per heavy atom. The minimum atomic E-state index is -5.41. The molecule has 1 amide bonds. The van der Waals surface area contributed by atoms with Crippen molar-refractivity contribution in [2.24, 2.45) is 5.92 Å². The summed E-state index contributed by atoms with van der Waals surface area (Å²) in [5.74, 6) is -3.86. The quantitative estimate of drug-likeness (QED) is 0.739. The summed E-state index contributed by atoms with van der Waals surface area (Å²) in [5.41, 5.74) is 0.166. The SMILES string of the molecule is O=C(CCC1CCCC1)N1CCCCc2cc(C(O)(F)C(F)(F)F)ccc21. The lowest BCUT2D eigenvalue weighted by Crippen LogP contribution is -2.38. The number of anilines is 1. The van der Waals surface area contributed by atoms with Crippen molar-refractivity contribution < 1.29 is 27.5 Å². The molecular weight excluding hydrogens is 362 g/mol. The van der Waals surface area contributed by atoms with Gasteiger partial charge >= 0.3 is 12.0 Å². The number of hydrogen-bond acceptors (Lipinski definition) is 2. The summed E-state index contributed by atoms with van der Waals surface area (Å²) in [6.07, 6.45) is 2.44. The molecule has 0 spiro atoms. The van der Waals surface area contributed by atoms with E-state index in [1.165, 1.54) is 18.9 Å². The minimum absolute atomic E-state index is 0.0378. The first-order chi connectivity index (χ1) is 12.7. The number of hydrogen-bond donors (Lipinski definition) is 1. The van der Waals surface area contributed by atoms with Gasteiger partial charge in [0, 0.05) is 24.2 Å². The van der Waals surface area contributed by atoms with Gasteiger partial charge in [-0.25, -0.2) is 0 Å². The van der Waals surface area contributed by atoms with Crippen LogP contribution in [-0.4, -0.2) is 23.7 Å². The molecule has 1 atom stereocenters. The molecule has 0 saturated heterocycles. The summed E-state index contributed by atoms with van der Waals surface area (Å²) in [5, 5.41) is 9.30. The highest BCUT2D eigenvalue weighted by Crippen LogP contribution is 2.42. The fourth-order valence-corrected chi connectivity index (χ4v) is 4.15. The summed E-state index contributed by atoms with van der Waals surface area (Å²) >= 11 is 0. The first kappa shape index (κ1) is 20.1. The standard InChI is InChI=1S/C20H25F4NO2/c21-19(27,20(22,23)24)16-9-10-17-15(13-16)7-3-4-12-25(17)18(26)11-8-14-5-1-2-6-14/h9-10,13-14,27H,1-8,11-12H2. The van der Waals surface area contributed by atoms with E-state index in [4.69, 9.17) is 0 Å². The number of carbonyl (C=O) groups is 1. The van der Waals surface area contributed by atoms with Crippen LogP contribution in [0.25, 0.3) is 0 Å². The summed E-state index contributed by atoms with van der Waals surface area (Å²) in [7, 11) is 0. The van der Waals surface area contributed by atoms with Crippen LogP contribution in [0, 0.1) is 5.92 Å². The largest absolute Gasteiger partial charge is 0.453 e. The van der Waals surface area contributed by atoms with E-state index in [0.29, 0.717) is 43.0 Å². The van der Waals surface area contributed by atoms with Crippen molar-refractivity contribution in [3.63, 3.8) is 0 Å². The number of alkyl halides is 4. The fraction of sp³-hybridized carbons (Fsp3) is 0.650. The van der Waals surface area contributed by atoms with E-state index < -0.39 is 17.6 Å². The zero-order chi connectivity index (χ0) is 19.7. The zero-order valence-corrected chi connectivity index (χ0v) is 15.2. The normalized spacial score (nSPS) is 20.9. The highest BCUT2D eigenvalue weighted by Gasteiger charge is 2.56. The molecule has 2 aliphatic rings. The van der Waals surface area contributed by atoms with Gasteiger partial charge in [-0.1, -0.05) is 31.7 Å². The Morgan fingerprint density at radius 2 is 1.81 bits per heavy atom. The number of aryl methyl sites for hydroxylation is 1. The molecule has 1 aromatic rings. The maximum atomic E-state index is 13.9. The molecule has 3 rings (SSSR count). The molecule has 1 saturated carbocycles. The van der Waals surface area contributed by atoms with Gasteiger partial charge in [0.1, 0.15) is 0 Å². The highest BCUT2D eigenvalue weighted by atomic mass is 19.4. The topological polar surface area (TPSA) is 40.5 Å². The van der Waals surface area contributed by atoms with Crippen molar-refractivity contribution in [1.29, 1.82) is 0 Å². The molecule has 1 aliphatic heterocycles. The van der Waals surface area contributed by atoms with Gasteiger partial charge < -0.3 is 10.0 Å². The molecule has 7 heteroatoms. The van der Waals surface area contributed by atoms with Crippen LogP contribution in [-0.2, 0) is 17.1 Å². The summed E-state index contributed by atoms with van der Waals surface area (Å²) in [6.45, 7) is 0.509. The van der Waals surface area contributed by atoms with Crippen molar-refractivity contribution >= 4 is 11.6 Å². The van der Waals surface area contributed by atoms with Crippen LogP contribution in [0.3, 0.4) is 0 Å². The zero-order valence-electron chi connectivity index (χ0n) is 15.2. The average molecular weight is 387 g/mol. The lowest BCUT2D eigenvalue weighted by Gasteiger charge is -2.26. The summed E-state index contributed by atoms with van der Waals surface area (Å²) in [6, 6.07) is 3.31. The highest BCUT2D eigenvalue weighted by molar-refractivity contribution is 5.94. The van der Waals surface area contributed by atoms with Crippen LogP contribution in [0.1, 0.15) is 62.5 Å². The number of rotatable bonds is 4. The van der Waals surface area contributed by atoms with Gasteiger partial charge in [0.2, 0.25) is 5.91 Å². The molecule has 0 aromatic heterocycles. The molecule has 0 radical (unpaired) electrons. The fourth-order valence-electron chi connectivity index (χ4n) is 4.15. The first-order valence-electron chi connectivity index (χ1n) is 9.62. The van der Waals surface area contributed by atoms with E-state index in [-0.39, 0.29) is 5.91 Å². The minimum Gasteiger partial charge on any atom is -0.351 e. The van der Waals surface area contributed by atoms with Crippen LogP contribution in [0.15, 0.2) is 18.2 Å². The van der Waals surface area contributed by atoms with E-state index in [2.05, 4.69) is 0 Å². The number of amides is 1. The van der Waals surface area contributed by atoms with Crippen molar-refractivity contribution in [2.75, 3.05) is 11.4 Å². The molecule has 150 valence electrons. The van der Waals surface area contributed by atoms with Gasteiger partial charge in [0.15, 0.2) is 0 Å². The maximum absolute atomic E-state index is 13.9. The molecule has 1 fully saturated rings. The number of carbonyl (C=O) groups excluding carboxylic acids is 1. The van der Waals surface area contributed by atoms with Gasteiger partial charge in [0.05, 0.1) is 0 Å². The van der Waals surface area contributed by atoms with Gasteiger partial charge in [-0.2, -0.15) is 17.6 Å². The number of aliphatic hydroxyl groups is 1. The first-order valence-corrected chi connectivity index (χ1v) is 9.62. The average Bonchev–Trinajstić information content (AvgIpc) is 3.03. The lowest BCUT2D eigenvalue weighted by molar-refractivity contribution is -0.323. The van der Waals surface area contributed by atoms with Crippen LogP contribution in [0.4, 0.5) is 23.2 Å². The Labute approximate surface area is 156 Å². The number of halogens is 4. The van der Waals surface area contributed by atoms with E-state index >= 15 is 0 Å². The summed E-state index contributed by atoms with van der Waals surface area (Å²) in [4.78, 5) is 14.4. The van der Waals surface area contributed by atoms with E-state index in [9.17, 15) is 27.5 Å². The smallest absolute Gasteiger partial charge is 0.351 e. The number of nitrogens with zero attached hydrogens (tertiary/aromatic N) is 1. The Morgan fingerprint density at radius 1 is 1.11 bits per heavy atom. The maximum Gasteiger partial charge on any atom is 0.453 e. The van der Waals surface area contributed by atoms with Crippen LogP contribution in [0.5, 0.6) is 0 Å². The second kappa shape index (κ2) is 7.78. The molecule has 0 bridgehead atoms. The summed E-state index contributed by atoms with van der Waals surface area (Å²) < 4.78 is 52.3. The Bertz CT molecular complexity index is 681. The third-order valence-corrected chi connectivity index (χ3v) is 5.75.